The van der Waals surface area contributed by atoms with Crippen LogP contribution >= 0.6 is 0 Å². The van der Waals surface area contributed by atoms with Gasteiger partial charge in [0.1, 0.15) is 6.10 Å². The first kappa shape index (κ1) is 14.5. The topological polar surface area (TPSA) is 65.5 Å². The van der Waals surface area contributed by atoms with Gasteiger partial charge in [-0.05, 0) is 49.9 Å². The first-order chi connectivity index (χ1) is 10.2. The Hall–Kier alpha value is -1.46. The van der Waals surface area contributed by atoms with Crippen LogP contribution in [0.5, 0.6) is 0 Å². The van der Waals surface area contributed by atoms with Crippen molar-refractivity contribution in [2.45, 2.75) is 31.8 Å². The van der Waals surface area contributed by atoms with Crippen molar-refractivity contribution in [3.05, 3.63) is 30.1 Å². The second-order valence-electron chi connectivity index (χ2n) is 6.29. The highest BCUT2D eigenvalue weighted by Crippen LogP contribution is 2.38. The van der Waals surface area contributed by atoms with Crippen LogP contribution in [-0.4, -0.2) is 47.1 Å². The van der Waals surface area contributed by atoms with E-state index in [-0.39, 0.29) is 11.3 Å². The third kappa shape index (κ3) is 3.24. The van der Waals surface area contributed by atoms with Gasteiger partial charge in [0, 0.05) is 19.2 Å². The van der Waals surface area contributed by atoms with Crippen LogP contribution in [0.2, 0.25) is 0 Å². The van der Waals surface area contributed by atoms with Gasteiger partial charge in [-0.1, -0.05) is 6.07 Å². The molecule has 0 radical (unpaired) electrons. The third-order valence-electron chi connectivity index (χ3n) is 4.83. The number of nitrogens with one attached hydrogen (secondary N) is 1. The van der Waals surface area contributed by atoms with Crippen molar-refractivity contribution in [1.82, 2.24) is 15.2 Å². The first-order valence-corrected chi connectivity index (χ1v) is 7.76. The lowest BCUT2D eigenvalue weighted by atomic mass is 9.72. The number of β-amino-alcohol motifs (C(OH)–C–C–N with tert-alkyl or cyclic N) is 1. The van der Waals surface area contributed by atoms with Crippen LogP contribution in [0.4, 0.5) is 0 Å². The van der Waals surface area contributed by atoms with E-state index < -0.39 is 6.10 Å². The van der Waals surface area contributed by atoms with E-state index in [4.69, 9.17) is 0 Å². The smallest absolute Gasteiger partial charge is 0.222 e. The minimum absolute atomic E-state index is 0.161. The van der Waals surface area contributed by atoms with Gasteiger partial charge in [-0.2, -0.15) is 0 Å². The summed E-state index contributed by atoms with van der Waals surface area (Å²) >= 11 is 0. The summed E-state index contributed by atoms with van der Waals surface area (Å²) in [5, 5.41) is 13.7. The van der Waals surface area contributed by atoms with Crippen molar-refractivity contribution in [2.24, 2.45) is 5.41 Å². The number of rotatable bonds is 3. The normalized spacial score (nSPS) is 23.3. The highest BCUT2D eigenvalue weighted by atomic mass is 16.3. The predicted molar refractivity (Wildman–Crippen MR) is 79.5 cm³/mol. The molecule has 0 aliphatic carbocycles. The maximum absolute atomic E-state index is 12.2. The SMILES string of the molecule is O=C1CCC2(CCNCC2)CN1CC(O)c1ccccn1. The molecule has 2 N–H and O–H groups in total. The molecule has 5 nitrogen and oxygen atoms in total. The summed E-state index contributed by atoms with van der Waals surface area (Å²) in [4.78, 5) is 18.2. The van der Waals surface area contributed by atoms with Gasteiger partial charge in [0.25, 0.3) is 0 Å². The highest BCUT2D eigenvalue weighted by molar-refractivity contribution is 5.77. The molecule has 0 bridgehead atoms. The maximum Gasteiger partial charge on any atom is 0.222 e. The molecule has 1 aromatic rings. The summed E-state index contributed by atoms with van der Waals surface area (Å²) in [6.45, 7) is 3.19. The molecule has 2 aliphatic rings. The number of hydrogen-bond donors (Lipinski definition) is 2. The Bertz CT molecular complexity index is 486. The van der Waals surface area contributed by atoms with Crippen molar-refractivity contribution < 1.29 is 9.90 Å². The number of nitrogens with zero attached hydrogens (tertiary/aromatic N) is 2. The minimum atomic E-state index is -0.702. The lowest BCUT2D eigenvalue weighted by Gasteiger charge is -2.45. The lowest BCUT2D eigenvalue weighted by Crippen LogP contribution is -2.51. The zero-order chi connectivity index (χ0) is 14.7. The summed E-state index contributed by atoms with van der Waals surface area (Å²) in [5.74, 6) is 0.161. The fourth-order valence-electron chi connectivity index (χ4n) is 3.51. The van der Waals surface area contributed by atoms with Crippen LogP contribution in [0.25, 0.3) is 0 Å². The van der Waals surface area contributed by atoms with Crippen LogP contribution in [-0.2, 0) is 4.79 Å². The molecule has 2 fully saturated rings. The molecule has 2 saturated heterocycles. The van der Waals surface area contributed by atoms with Crippen LogP contribution in [0.3, 0.4) is 0 Å². The summed E-state index contributed by atoms with van der Waals surface area (Å²) < 4.78 is 0. The summed E-state index contributed by atoms with van der Waals surface area (Å²) in [7, 11) is 0. The van der Waals surface area contributed by atoms with Gasteiger partial charge in [0.05, 0.1) is 12.2 Å². The van der Waals surface area contributed by atoms with E-state index in [1.54, 1.807) is 12.3 Å². The Morgan fingerprint density at radius 3 is 2.86 bits per heavy atom. The molecule has 21 heavy (non-hydrogen) atoms. The van der Waals surface area contributed by atoms with Crippen molar-refractivity contribution in [1.29, 1.82) is 0 Å². The standard InChI is InChI=1S/C16H23N3O2/c20-14(13-3-1-2-8-18-13)11-19-12-16(5-4-15(19)21)6-9-17-10-7-16/h1-3,8,14,17,20H,4-7,9-12H2. The molecular formula is C16H23N3O2. The molecule has 0 saturated carbocycles. The summed E-state index contributed by atoms with van der Waals surface area (Å²) in [6, 6.07) is 5.49. The van der Waals surface area contributed by atoms with Crippen LogP contribution in [0.15, 0.2) is 24.4 Å². The molecule has 5 heteroatoms. The van der Waals surface area contributed by atoms with E-state index in [9.17, 15) is 9.90 Å². The fraction of sp³-hybridized carbons (Fsp3) is 0.625. The number of aliphatic hydroxyl groups excluding tert-OH is 1. The van der Waals surface area contributed by atoms with Crippen molar-refractivity contribution in [3.8, 4) is 0 Å². The van der Waals surface area contributed by atoms with E-state index >= 15 is 0 Å². The molecule has 114 valence electrons. The van der Waals surface area contributed by atoms with Gasteiger partial charge in [0.2, 0.25) is 5.91 Å². The molecule has 0 aromatic carbocycles. The lowest BCUT2D eigenvalue weighted by molar-refractivity contribution is -0.140. The number of aliphatic hydroxyl groups is 1. The monoisotopic (exact) mass is 289 g/mol. The van der Waals surface area contributed by atoms with Gasteiger partial charge < -0.3 is 15.3 Å². The number of aromatic nitrogens is 1. The van der Waals surface area contributed by atoms with Gasteiger partial charge in [-0.15, -0.1) is 0 Å². The van der Waals surface area contributed by atoms with Crippen LogP contribution < -0.4 is 5.32 Å². The maximum atomic E-state index is 12.2. The predicted octanol–water partition coefficient (Wildman–Crippen LogP) is 1.11. The van der Waals surface area contributed by atoms with Crippen LogP contribution in [0.1, 0.15) is 37.5 Å². The molecule has 1 unspecified atom stereocenters. The Balaban J connectivity index is 1.67. The average molecular weight is 289 g/mol. The minimum Gasteiger partial charge on any atom is -0.385 e. The number of piperidine rings is 2. The van der Waals surface area contributed by atoms with Gasteiger partial charge in [0.15, 0.2) is 0 Å². The number of carbonyl (C=O) groups is 1. The summed E-state index contributed by atoms with van der Waals surface area (Å²) in [6.07, 6.45) is 4.81. The molecule has 1 spiro atoms. The van der Waals surface area contributed by atoms with Gasteiger partial charge in [-0.3, -0.25) is 9.78 Å². The van der Waals surface area contributed by atoms with E-state index in [1.807, 2.05) is 17.0 Å². The zero-order valence-electron chi connectivity index (χ0n) is 12.3. The zero-order valence-corrected chi connectivity index (χ0v) is 12.3. The Labute approximate surface area is 125 Å². The van der Waals surface area contributed by atoms with E-state index in [0.29, 0.717) is 18.7 Å². The number of pyridine rings is 1. The second kappa shape index (κ2) is 6.12. The average Bonchev–Trinajstić information content (AvgIpc) is 2.53. The van der Waals surface area contributed by atoms with Crippen molar-refractivity contribution in [3.63, 3.8) is 0 Å². The number of likely N-dealkylation sites (tertiary alicyclic amines) is 1. The molecule has 1 atom stereocenters. The Kier molecular flexibility index (Phi) is 4.22. The van der Waals surface area contributed by atoms with E-state index in [0.717, 1.165) is 38.9 Å². The van der Waals surface area contributed by atoms with Gasteiger partial charge >= 0.3 is 0 Å². The fourth-order valence-corrected chi connectivity index (χ4v) is 3.51. The van der Waals surface area contributed by atoms with E-state index in [1.165, 1.54) is 0 Å². The van der Waals surface area contributed by atoms with E-state index in [2.05, 4.69) is 10.3 Å². The number of hydrogen-bond acceptors (Lipinski definition) is 4. The summed E-state index contributed by atoms with van der Waals surface area (Å²) in [5.41, 5.74) is 0.887. The quantitative estimate of drug-likeness (QED) is 0.875. The number of amides is 1. The third-order valence-corrected chi connectivity index (χ3v) is 4.83. The molecule has 2 aliphatic heterocycles. The molecular weight excluding hydrogens is 266 g/mol. The van der Waals surface area contributed by atoms with Crippen molar-refractivity contribution in [2.75, 3.05) is 26.2 Å². The Morgan fingerprint density at radius 1 is 1.33 bits per heavy atom. The highest BCUT2D eigenvalue weighted by Gasteiger charge is 2.39. The molecule has 1 amide bonds. The van der Waals surface area contributed by atoms with Crippen molar-refractivity contribution >= 4 is 5.91 Å². The first-order valence-electron chi connectivity index (χ1n) is 7.76. The Morgan fingerprint density at radius 2 is 2.14 bits per heavy atom. The second-order valence-corrected chi connectivity index (χ2v) is 6.29. The molecule has 3 heterocycles. The largest absolute Gasteiger partial charge is 0.385 e. The number of carbonyl (C=O) groups excluding carboxylic acids is 1. The van der Waals surface area contributed by atoms with Gasteiger partial charge in [-0.25, -0.2) is 0 Å². The molecule has 1 aromatic heterocycles. The van der Waals surface area contributed by atoms with Crippen LogP contribution in [0, 0.1) is 5.41 Å². The molecule has 3 rings (SSSR count).